The summed E-state index contributed by atoms with van der Waals surface area (Å²) in [5.41, 5.74) is 2.70. The smallest absolute Gasteiger partial charge is 0.0460 e. The third kappa shape index (κ3) is 4.47. The van der Waals surface area contributed by atoms with Gasteiger partial charge in [0.2, 0.25) is 0 Å². The van der Waals surface area contributed by atoms with Crippen molar-refractivity contribution in [3.05, 3.63) is 29.8 Å². The number of nitrogens with one attached hydrogen (secondary N) is 1. The summed E-state index contributed by atoms with van der Waals surface area (Å²) in [6.07, 6.45) is 6.43. The lowest BCUT2D eigenvalue weighted by atomic mass is 9.97. The molecule has 22 heavy (non-hydrogen) atoms. The first-order valence-electron chi connectivity index (χ1n) is 8.92. The Labute approximate surface area is 134 Å². The number of anilines is 1. The second-order valence-electron chi connectivity index (χ2n) is 7.24. The van der Waals surface area contributed by atoms with Gasteiger partial charge >= 0.3 is 0 Å². The van der Waals surface area contributed by atoms with E-state index < -0.39 is 0 Å². The monoisotopic (exact) mass is 302 g/mol. The van der Waals surface area contributed by atoms with Crippen LogP contribution in [0.15, 0.2) is 24.3 Å². The van der Waals surface area contributed by atoms with Crippen LogP contribution in [0.2, 0.25) is 0 Å². The molecule has 1 aromatic rings. The van der Waals surface area contributed by atoms with Crippen molar-refractivity contribution in [2.45, 2.75) is 51.6 Å². The van der Waals surface area contributed by atoms with Crippen molar-refractivity contribution in [2.24, 2.45) is 11.8 Å². The van der Waals surface area contributed by atoms with Crippen molar-refractivity contribution in [1.82, 2.24) is 5.32 Å². The SMILES string of the molecule is CC(CC1CC1)NCc1ccc(N2CCC(CO)CC2)cc1. The summed E-state index contributed by atoms with van der Waals surface area (Å²) in [7, 11) is 0. The van der Waals surface area contributed by atoms with Gasteiger partial charge in [-0.15, -0.1) is 0 Å². The van der Waals surface area contributed by atoms with Crippen LogP contribution in [0.5, 0.6) is 0 Å². The quantitative estimate of drug-likeness (QED) is 0.812. The van der Waals surface area contributed by atoms with E-state index in [0.717, 1.165) is 38.4 Å². The lowest BCUT2D eigenvalue weighted by Gasteiger charge is -2.33. The maximum atomic E-state index is 9.22. The number of aliphatic hydroxyl groups excluding tert-OH is 1. The molecular weight excluding hydrogens is 272 g/mol. The molecule has 1 aromatic carbocycles. The van der Waals surface area contributed by atoms with Crippen molar-refractivity contribution >= 4 is 5.69 Å². The van der Waals surface area contributed by atoms with Gasteiger partial charge in [-0.2, -0.15) is 0 Å². The molecule has 0 aromatic heterocycles. The van der Waals surface area contributed by atoms with Crippen LogP contribution in [0.25, 0.3) is 0 Å². The minimum absolute atomic E-state index is 0.345. The summed E-state index contributed by atoms with van der Waals surface area (Å²) in [5.74, 6) is 1.50. The topological polar surface area (TPSA) is 35.5 Å². The molecule has 2 aliphatic rings. The summed E-state index contributed by atoms with van der Waals surface area (Å²) in [5, 5.41) is 12.9. The van der Waals surface area contributed by atoms with Gasteiger partial charge in [0.15, 0.2) is 0 Å². The predicted molar refractivity (Wildman–Crippen MR) is 92.1 cm³/mol. The zero-order chi connectivity index (χ0) is 15.4. The fraction of sp³-hybridized carbons (Fsp3) is 0.684. The second-order valence-corrected chi connectivity index (χ2v) is 7.24. The van der Waals surface area contributed by atoms with Crippen molar-refractivity contribution in [2.75, 3.05) is 24.6 Å². The molecule has 1 heterocycles. The zero-order valence-corrected chi connectivity index (χ0v) is 13.8. The fourth-order valence-electron chi connectivity index (χ4n) is 3.43. The van der Waals surface area contributed by atoms with E-state index in [2.05, 4.69) is 41.4 Å². The van der Waals surface area contributed by atoms with Crippen LogP contribution >= 0.6 is 0 Å². The van der Waals surface area contributed by atoms with E-state index in [9.17, 15) is 5.11 Å². The summed E-state index contributed by atoms with van der Waals surface area (Å²) >= 11 is 0. The lowest BCUT2D eigenvalue weighted by Crippen LogP contribution is -2.34. The van der Waals surface area contributed by atoms with Crippen molar-refractivity contribution in [3.8, 4) is 0 Å². The molecule has 122 valence electrons. The van der Waals surface area contributed by atoms with Crippen molar-refractivity contribution < 1.29 is 5.11 Å². The van der Waals surface area contributed by atoms with Crippen LogP contribution in [0.3, 0.4) is 0 Å². The van der Waals surface area contributed by atoms with Crippen LogP contribution in [0.1, 0.15) is 44.6 Å². The van der Waals surface area contributed by atoms with E-state index in [0.29, 0.717) is 18.6 Å². The Morgan fingerprint density at radius 3 is 2.36 bits per heavy atom. The van der Waals surface area contributed by atoms with Crippen molar-refractivity contribution in [3.63, 3.8) is 0 Å². The summed E-state index contributed by atoms with van der Waals surface area (Å²) < 4.78 is 0. The Morgan fingerprint density at radius 1 is 1.09 bits per heavy atom. The average molecular weight is 302 g/mol. The molecule has 2 fully saturated rings. The molecule has 2 N–H and O–H groups in total. The number of piperidine rings is 1. The second kappa shape index (κ2) is 7.47. The molecule has 3 heteroatoms. The van der Waals surface area contributed by atoms with Gasteiger partial charge in [0, 0.05) is 38.0 Å². The Bertz CT molecular complexity index is 447. The third-order valence-corrected chi connectivity index (χ3v) is 5.21. The van der Waals surface area contributed by atoms with Gasteiger partial charge in [-0.05, 0) is 55.7 Å². The van der Waals surface area contributed by atoms with E-state index >= 15 is 0 Å². The first kappa shape index (κ1) is 15.8. The highest BCUT2D eigenvalue weighted by Gasteiger charge is 2.23. The molecule has 0 amide bonds. The zero-order valence-electron chi connectivity index (χ0n) is 13.8. The summed E-state index contributed by atoms with van der Waals surface area (Å²) in [6, 6.07) is 9.64. The van der Waals surface area contributed by atoms with E-state index in [1.54, 1.807) is 0 Å². The van der Waals surface area contributed by atoms with Crippen LogP contribution in [0.4, 0.5) is 5.69 Å². The predicted octanol–water partition coefficient (Wildman–Crippen LogP) is 3.17. The van der Waals surface area contributed by atoms with Crippen LogP contribution in [0, 0.1) is 11.8 Å². The van der Waals surface area contributed by atoms with Gasteiger partial charge in [-0.3, -0.25) is 0 Å². The molecule has 1 saturated heterocycles. The summed E-state index contributed by atoms with van der Waals surface area (Å²) in [6.45, 7) is 5.76. The highest BCUT2D eigenvalue weighted by molar-refractivity contribution is 5.48. The maximum absolute atomic E-state index is 9.22. The Balaban J connectivity index is 1.45. The third-order valence-electron chi connectivity index (χ3n) is 5.21. The Hall–Kier alpha value is -1.06. The van der Waals surface area contributed by atoms with E-state index in [1.807, 2.05) is 0 Å². The number of rotatable bonds is 7. The highest BCUT2D eigenvalue weighted by Crippen LogP contribution is 2.33. The van der Waals surface area contributed by atoms with Gasteiger partial charge in [-0.25, -0.2) is 0 Å². The molecule has 3 nitrogen and oxygen atoms in total. The molecule has 1 aliphatic carbocycles. The van der Waals surface area contributed by atoms with Crippen molar-refractivity contribution in [1.29, 1.82) is 0 Å². The fourth-order valence-corrected chi connectivity index (χ4v) is 3.43. The van der Waals surface area contributed by atoms with Gasteiger partial charge < -0.3 is 15.3 Å². The molecule has 1 saturated carbocycles. The Morgan fingerprint density at radius 2 is 1.77 bits per heavy atom. The maximum Gasteiger partial charge on any atom is 0.0460 e. The lowest BCUT2D eigenvalue weighted by molar-refractivity contribution is 0.203. The van der Waals surface area contributed by atoms with Crippen LogP contribution < -0.4 is 10.2 Å². The first-order valence-corrected chi connectivity index (χ1v) is 8.92. The largest absolute Gasteiger partial charge is 0.396 e. The van der Waals surface area contributed by atoms with E-state index in [1.165, 1.54) is 30.5 Å². The molecule has 1 aliphatic heterocycles. The normalized spacial score (nSPS) is 21.1. The summed E-state index contributed by atoms with van der Waals surface area (Å²) in [4.78, 5) is 2.44. The highest BCUT2D eigenvalue weighted by atomic mass is 16.3. The number of hydrogen-bond acceptors (Lipinski definition) is 3. The van der Waals surface area contributed by atoms with E-state index in [-0.39, 0.29) is 0 Å². The van der Waals surface area contributed by atoms with Gasteiger partial charge in [0.05, 0.1) is 0 Å². The number of nitrogens with zero attached hydrogens (tertiary/aromatic N) is 1. The van der Waals surface area contributed by atoms with Gasteiger partial charge in [-0.1, -0.05) is 25.0 Å². The molecule has 0 radical (unpaired) electrons. The van der Waals surface area contributed by atoms with Crippen LogP contribution in [-0.2, 0) is 6.54 Å². The number of aliphatic hydroxyl groups is 1. The minimum Gasteiger partial charge on any atom is -0.396 e. The van der Waals surface area contributed by atoms with Crippen LogP contribution in [-0.4, -0.2) is 30.8 Å². The number of benzene rings is 1. The first-order chi connectivity index (χ1) is 10.7. The number of hydrogen-bond donors (Lipinski definition) is 2. The molecule has 1 unspecified atom stereocenters. The Kier molecular flexibility index (Phi) is 5.37. The molecule has 0 spiro atoms. The minimum atomic E-state index is 0.345. The van der Waals surface area contributed by atoms with E-state index in [4.69, 9.17) is 0 Å². The standard InChI is InChI=1S/C19H30N2O/c1-15(12-16-2-3-16)20-13-17-4-6-19(7-5-17)21-10-8-18(14-22)9-11-21/h4-7,15-16,18,20,22H,2-3,8-14H2,1H3. The molecule has 3 rings (SSSR count). The molecule has 0 bridgehead atoms. The average Bonchev–Trinajstić information content (AvgIpc) is 3.37. The molecular formula is C19H30N2O. The van der Waals surface area contributed by atoms with Gasteiger partial charge in [0.1, 0.15) is 0 Å². The van der Waals surface area contributed by atoms with Gasteiger partial charge in [0.25, 0.3) is 0 Å². The molecule has 1 atom stereocenters.